The highest BCUT2D eigenvalue weighted by molar-refractivity contribution is 5.92. The summed E-state index contributed by atoms with van der Waals surface area (Å²) in [7, 11) is 0. The Bertz CT molecular complexity index is 313. The van der Waals surface area contributed by atoms with Crippen LogP contribution in [-0.2, 0) is 9.68 Å². The highest BCUT2D eigenvalue weighted by Crippen LogP contribution is 2.15. The first kappa shape index (κ1) is 10.5. The number of benzene rings is 1. The number of carbonyl (C=O) groups excluding carboxylic acids is 1. The third kappa shape index (κ3) is 2.72. The molecule has 1 aromatic carbocycles. The van der Waals surface area contributed by atoms with Crippen LogP contribution in [0.25, 0.3) is 0 Å². The van der Waals surface area contributed by atoms with Gasteiger partial charge < -0.3 is 9.94 Å². The second kappa shape index (κ2) is 5.21. The van der Waals surface area contributed by atoms with Gasteiger partial charge in [0.2, 0.25) is 0 Å². The largest absolute Gasteiger partial charge is 0.507 e. The van der Waals surface area contributed by atoms with Crippen molar-refractivity contribution in [3.8, 4) is 5.75 Å². The number of carbonyl (C=O) groups is 1. The molecular weight excluding hydrogens is 186 g/mol. The van der Waals surface area contributed by atoms with Crippen LogP contribution in [0.4, 0.5) is 0 Å². The van der Waals surface area contributed by atoms with Crippen molar-refractivity contribution in [1.82, 2.24) is 5.64 Å². The lowest BCUT2D eigenvalue weighted by molar-refractivity contribution is -0.131. The summed E-state index contributed by atoms with van der Waals surface area (Å²) in [4.78, 5) is 20.3. The van der Waals surface area contributed by atoms with E-state index in [2.05, 4.69) is 9.68 Å². The van der Waals surface area contributed by atoms with Crippen molar-refractivity contribution in [2.75, 3.05) is 6.61 Å². The van der Waals surface area contributed by atoms with Gasteiger partial charge in [-0.1, -0.05) is 12.1 Å². The highest BCUT2D eigenvalue weighted by Gasteiger charge is 2.11. The number of aromatic hydroxyl groups is 1. The van der Waals surface area contributed by atoms with Crippen molar-refractivity contribution in [2.45, 2.75) is 6.92 Å². The maximum Gasteiger partial charge on any atom is 0.362 e. The number of para-hydroxylation sites is 1. The van der Waals surface area contributed by atoms with E-state index in [0.29, 0.717) is 6.61 Å². The number of phenols is 1. The van der Waals surface area contributed by atoms with Crippen molar-refractivity contribution in [3.05, 3.63) is 29.8 Å². The lowest BCUT2D eigenvalue weighted by Gasteiger charge is -2.04. The molecule has 0 spiro atoms. The molecule has 14 heavy (non-hydrogen) atoms. The van der Waals surface area contributed by atoms with Gasteiger partial charge in [-0.25, -0.2) is 4.79 Å². The summed E-state index contributed by atoms with van der Waals surface area (Å²) < 4.78 is 0. The molecule has 5 heteroatoms. The quantitative estimate of drug-likeness (QED) is 0.556. The van der Waals surface area contributed by atoms with E-state index in [1.807, 2.05) is 5.64 Å². The van der Waals surface area contributed by atoms with Crippen LogP contribution in [0.2, 0.25) is 0 Å². The SMILES string of the molecule is CCONOC(=O)c1ccccc1O. The summed E-state index contributed by atoms with van der Waals surface area (Å²) in [6.07, 6.45) is 0. The van der Waals surface area contributed by atoms with E-state index in [-0.39, 0.29) is 11.3 Å². The molecule has 0 aromatic heterocycles. The minimum atomic E-state index is -0.698. The number of nitrogens with one attached hydrogen (secondary N) is 1. The summed E-state index contributed by atoms with van der Waals surface area (Å²) in [5, 5.41) is 9.27. The zero-order valence-corrected chi connectivity index (χ0v) is 7.69. The van der Waals surface area contributed by atoms with E-state index < -0.39 is 5.97 Å². The number of rotatable bonds is 4. The predicted molar refractivity (Wildman–Crippen MR) is 48.3 cm³/mol. The fraction of sp³-hybridized carbons (Fsp3) is 0.222. The van der Waals surface area contributed by atoms with Crippen molar-refractivity contribution in [2.24, 2.45) is 0 Å². The fourth-order valence-corrected chi connectivity index (χ4v) is 0.827. The van der Waals surface area contributed by atoms with E-state index in [0.717, 1.165) is 0 Å². The standard InChI is InChI=1S/C9H11NO4/c1-2-13-10-14-9(12)7-5-3-4-6-8(7)11/h3-6,10-11H,2H2,1H3. The van der Waals surface area contributed by atoms with E-state index >= 15 is 0 Å². The Kier molecular flexibility index (Phi) is 3.90. The molecule has 0 unspecified atom stereocenters. The average molecular weight is 197 g/mol. The molecule has 0 radical (unpaired) electrons. The van der Waals surface area contributed by atoms with Crippen molar-refractivity contribution in [1.29, 1.82) is 0 Å². The van der Waals surface area contributed by atoms with Gasteiger partial charge in [-0.05, 0) is 24.7 Å². The lowest BCUT2D eigenvalue weighted by Crippen LogP contribution is -2.20. The number of hydrogen-bond acceptors (Lipinski definition) is 5. The third-order valence-corrected chi connectivity index (χ3v) is 1.46. The van der Waals surface area contributed by atoms with Gasteiger partial charge in [-0.15, -0.1) is 0 Å². The highest BCUT2D eigenvalue weighted by atomic mass is 16.9. The first-order chi connectivity index (χ1) is 6.75. The minimum absolute atomic E-state index is 0.0831. The van der Waals surface area contributed by atoms with Gasteiger partial charge in [0.1, 0.15) is 11.3 Å². The van der Waals surface area contributed by atoms with E-state index in [1.54, 1.807) is 19.1 Å². The molecule has 0 aliphatic rings. The molecule has 1 aromatic rings. The first-order valence-corrected chi connectivity index (χ1v) is 4.11. The smallest absolute Gasteiger partial charge is 0.362 e. The van der Waals surface area contributed by atoms with Gasteiger partial charge in [0.15, 0.2) is 0 Å². The van der Waals surface area contributed by atoms with Gasteiger partial charge in [-0.3, -0.25) is 4.84 Å². The Morgan fingerprint density at radius 1 is 1.50 bits per heavy atom. The van der Waals surface area contributed by atoms with Crippen molar-refractivity contribution >= 4 is 5.97 Å². The second-order valence-electron chi connectivity index (χ2n) is 2.42. The molecule has 0 saturated carbocycles. The van der Waals surface area contributed by atoms with Crippen LogP contribution in [0.5, 0.6) is 5.75 Å². The Labute approximate surface area is 81.2 Å². The Balaban J connectivity index is 2.56. The first-order valence-electron chi connectivity index (χ1n) is 4.11. The molecular formula is C9H11NO4. The maximum atomic E-state index is 11.2. The average Bonchev–Trinajstić information content (AvgIpc) is 2.18. The van der Waals surface area contributed by atoms with E-state index in [9.17, 15) is 9.90 Å². The van der Waals surface area contributed by atoms with Crippen LogP contribution in [0.1, 0.15) is 17.3 Å². The Hall–Kier alpha value is -1.59. The molecule has 0 aliphatic carbocycles. The molecule has 0 saturated heterocycles. The van der Waals surface area contributed by atoms with Gasteiger partial charge in [-0.2, -0.15) is 0 Å². The van der Waals surface area contributed by atoms with Crippen molar-refractivity contribution < 1.29 is 19.6 Å². The molecule has 1 rings (SSSR count). The number of hydrogen-bond donors (Lipinski definition) is 2. The molecule has 0 aliphatic heterocycles. The van der Waals surface area contributed by atoms with Gasteiger partial charge in [0.25, 0.3) is 0 Å². The zero-order valence-electron chi connectivity index (χ0n) is 7.69. The van der Waals surface area contributed by atoms with Crippen LogP contribution >= 0.6 is 0 Å². The topological polar surface area (TPSA) is 67.8 Å². The molecule has 0 fully saturated rings. The van der Waals surface area contributed by atoms with Crippen LogP contribution in [0.3, 0.4) is 0 Å². The summed E-state index contributed by atoms with van der Waals surface area (Å²) in [6.45, 7) is 2.11. The zero-order chi connectivity index (χ0) is 10.4. The molecule has 5 nitrogen and oxygen atoms in total. The molecule has 0 heterocycles. The monoisotopic (exact) mass is 197 g/mol. The van der Waals surface area contributed by atoms with Crippen LogP contribution in [-0.4, -0.2) is 17.7 Å². The maximum absolute atomic E-state index is 11.2. The molecule has 0 amide bonds. The Morgan fingerprint density at radius 2 is 2.21 bits per heavy atom. The predicted octanol–water partition coefficient (Wildman–Crippen LogP) is 1.01. The number of phenolic OH excluding ortho intramolecular Hbond substituents is 1. The van der Waals surface area contributed by atoms with Gasteiger partial charge in [0.05, 0.1) is 6.61 Å². The lowest BCUT2D eigenvalue weighted by atomic mass is 10.2. The Morgan fingerprint density at radius 3 is 2.86 bits per heavy atom. The molecule has 76 valence electrons. The fourth-order valence-electron chi connectivity index (χ4n) is 0.827. The molecule has 0 bridgehead atoms. The van der Waals surface area contributed by atoms with Gasteiger partial charge in [0, 0.05) is 0 Å². The van der Waals surface area contributed by atoms with E-state index in [1.165, 1.54) is 12.1 Å². The normalized spacial score (nSPS) is 9.79. The minimum Gasteiger partial charge on any atom is -0.507 e. The van der Waals surface area contributed by atoms with Crippen LogP contribution < -0.4 is 5.64 Å². The summed E-state index contributed by atoms with van der Waals surface area (Å²) >= 11 is 0. The second-order valence-corrected chi connectivity index (χ2v) is 2.42. The summed E-state index contributed by atoms with van der Waals surface area (Å²) in [5.74, 6) is -0.827. The third-order valence-electron chi connectivity index (χ3n) is 1.46. The molecule has 0 atom stereocenters. The van der Waals surface area contributed by atoms with E-state index in [4.69, 9.17) is 0 Å². The summed E-state index contributed by atoms with van der Waals surface area (Å²) in [5.41, 5.74) is 2.08. The summed E-state index contributed by atoms with van der Waals surface area (Å²) in [6, 6.07) is 6.08. The van der Waals surface area contributed by atoms with Gasteiger partial charge >= 0.3 is 5.97 Å². The van der Waals surface area contributed by atoms with Crippen LogP contribution in [0.15, 0.2) is 24.3 Å². The van der Waals surface area contributed by atoms with Crippen molar-refractivity contribution in [3.63, 3.8) is 0 Å². The molecule has 2 N–H and O–H groups in total. The van der Waals surface area contributed by atoms with Crippen LogP contribution in [0, 0.1) is 0 Å².